The lowest BCUT2D eigenvalue weighted by Crippen LogP contribution is -2.46. The summed E-state index contributed by atoms with van der Waals surface area (Å²) in [5.41, 5.74) is 1.52. The number of rotatable bonds is 3. The highest BCUT2D eigenvalue weighted by Gasteiger charge is 2.44. The molecule has 2 amide bonds. The fourth-order valence-corrected chi connectivity index (χ4v) is 3.34. The van der Waals surface area contributed by atoms with Crippen LogP contribution in [0.3, 0.4) is 0 Å². The van der Waals surface area contributed by atoms with Gasteiger partial charge in [-0.3, -0.25) is 9.59 Å². The number of nitrogens with zero attached hydrogens (tertiary/aromatic N) is 2. The van der Waals surface area contributed by atoms with Gasteiger partial charge in [0.15, 0.2) is 6.39 Å². The molecule has 0 saturated carbocycles. The molecule has 1 aromatic heterocycles. The van der Waals surface area contributed by atoms with Gasteiger partial charge in [-0.05, 0) is 26.2 Å². The third-order valence-electron chi connectivity index (χ3n) is 4.60. The topological polar surface area (TPSA) is 75.4 Å². The van der Waals surface area contributed by atoms with Crippen molar-refractivity contribution in [2.24, 2.45) is 5.41 Å². The number of allylic oxidation sites excluding steroid dienone is 1. The van der Waals surface area contributed by atoms with E-state index < -0.39 is 0 Å². The van der Waals surface area contributed by atoms with Crippen LogP contribution in [0.25, 0.3) is 0 Å². The van der Waals surface area contributed by atoms with Crippen molar-refractivity contribution in [1.29, 1.82) is 0 Å². The van der Waals surface area contributed by atoms with Gasteiger partial charge >= 0.3 is 0 Å². The van der Waals surface area contributed by atoms with Gasteiger partial charge < -0.3 is 14.6 Å². The molecule has 1 fully saturated rings. The number of fused-ring (bicyclic) bond motifs is 1. The van der Waals surface area contributed by atoms with Crippen LogP contribution in [0.5, 0.6) is 0 Å². The number of aromatic nitrogens is 1. The standard InChI is InChI=1S/C15H19N3O3/c1-10-13(21-9-17-10)14(20)16-8-15-6-3-4-11(15)18(2)12(19)5-7-15/h4,9H,3,5-8H2,1-2H3,(H,16,20). The van der Waals surface area contributed by atoms with Gasteiger partial charge in [-0.1, -0.05) is 6.08 Å². The fraction of sp³-hybridized carbons (Fsp3) is 0.533. The van der Waals surface area contributed by atoms with Crippen molar-refractivity contribution in [2.75, 3.05) is 13.6 Å². The zero-order chi connectivity index (χ0) is 15.0. The van der Waals surface area contributed by atoms with E-state index in [0.717, 1.165) is 25.0 Å². The van der Waals surface area contributed by atoms with E-state index in [-0.39, 0.29) is 23.0 Å². The van der Waals surface area contributed by atoms with Crippen LogP contribution in [0.4, 0.5) is 0 Å². The normalized spacial score (nSPS) is 24.8. The van der Waals surface area contributed by atoms with Crippen molar-refractivity contribution in [3.63, 3.8) is 0 Å². The van der Waals surface area contributed by atoms with Crippen molar-refractivity contribution in [3.8, 4) is 0 Å². The molecule has 0 aromatic carbocycles. The molecule has 1 unspecified atom stereocenters. The lowest BCUT2D eigenvalue weighted by Gasteiger charge is -2.41. The second-order valence-electron chi connectivity index (χ2n) is 5.81. The van der Waals surface area contributed by atoms with E-state index in [1.54, 1.807) is 11.8 Å². The van der Waals surface area contributed by atoms with Crippen LogP contribution in [-0.2, 0) is 4.79 Å². The molecule has 2 aliphatic rings. The first-order chi connectivity index (χ1) is 10.0. The van der Waals surface area contributed by atoms with Crippen molar-refractivity contribution in [3.05, 3.63) is 29.6 Å². The predicted molar refractivity (Wildman–Crippen MR) is 75.3 cm³/mol. The summed E-state index contributed by atoms with van der Waals surface area (Å²) in [6.07, 6.45) is 6.63. The summed E-state index contributed by atoms with van der Waals surface area (Å²) in [7, 11) is 1.82. The van der Waals surface area contributed by atoms with Crippen LogP contribution in [0.1, 0.15) is 41.9 Å². The molecule has 2 heterocycles. The monoisotopic (exact) mass is 289 g/mol. The summed E-state index contributed by atoms with van der Waals surface area (Å²) in [5.74, 6) is 0.163. The van der Waals surface area contributed by atoms with E-state index in [2.05, 4.69) is 16.4 Å². The van der Waals surface area contributed by atoms with Crippen LogP contribution in [0.15, 0.2) is 22.6 Å². The SMILES string of the molecule is Cc1ncoc1C(=O)NCC12CCC=C1N(C)C(=O)CC2. The first kappa shape index (κ1) is 13.9. The van der Waals surface area contributed by atoms with Gasteiger partial charge in [0.2, 0.25) is 11.7 Å². The average molecular weight is 289 g/mol. The molecule has 1 aliphatic heterocycles. The van der Waals surface area contributed by atoms with Crippen molar-refractivity contribution < 1.29 is 14.0 Å². The minimum Gasteiger partial charge on any atom is -0.438 e. The molecule has 1 aromatic rings. The molecule has 0 radical (unpaired) electrons. The van der Waals surface area contributed by atoms with E-state index in [0.29, 0.717) is 18.7 Å². The van der Waals surface area contributed by atoms with Crippen molar-refractivity contribution >= 4 is 11.8 Å². The van der Waals surface area contributed by atoms with E-state index in [4.69, 9.17) is 4.42 Å². The van der Waals surface area contributed by atoms with Gasteiger partial charge in [-0.2, -0.15) is 0 Å². The molecule has 1 N–H and O–H groups in total. The average Bonchev–Trinajstić information content (AvgIpc) is 3.08. The first-order valence-corrected chi connectivity index (χ1v) is 7.19. The number of likely N-dealkylation sites (tertiary alicyclic amines) is 1. The second-order valence-corrected chi connectivity index (χ2v) is 5.81. The third kappa shape index (κ3) is 2.24. The molecule has 21 heavy (non-hydrogen) atoms. The Kier molecular flexibility index (Phi) is 3.31. The molecule has 3 rings (SSSR count). The van der Waals surface area contributed by atoms with Gasteiger partial charge in [-0.15, -0.1) is 0 Å². The van der Waals surface area contributed by atoms with E-state index in [1.165, 1.54) is 6.39 Å². The molecule has 0 spiro atoms. The summed E-state index contributed by atoms with van der Waals surface area (Å²) in [6.45, 7) is 2.26. The minimum atomic E-state index is -0.245. The maximum Gasteiger partial charge on any atom is 0.289 e. The molecule has 112 valence electrons. The quantitative estimate of drug-likeness (QED) is 0.917. The van der Waals surface area contributed by atoms with E-state index in [9.17, 15) is 9.59 Å². The highest BCUT2D eigenvalue weighted by atomic mass is 16.3. The smallest absolute Gasteiger partial charge is 0.289 e. The highest BCUT2D eigenvalue weighted by molar-refractivity contribution is 5.92. The fourth-order valence-electron chi connectivity index (χ4n) is 3.34. The lowest BCUT2D eigenvalue weighted by molar-refractivity contribution is -0.131. The molecular formula is C15H19N3O3. The van der Waals surface area contributed by atoms with Gasteiger partial charge in [0.1, 0.15) is 0 Å². The van der Waals surface area contributed by atoms with Crippen LogP contribution >= 0.6 is 0 Å². The van der Waals surface area contributed by atoms with E-state index in [1.807, 2.05) is 7.05 Å². The van der Waals surface area contributed by atoms with Gasteiger partial charge in [0, 0.05) is 31.1 Å². The van der Waals surface area contributed by atoms with Crippen molar-refractivity contribution in [2.45, 2.75) is 32.6 Å². The third-order valence-corrected chi connectivity index (χ3v) is 4.60. The molecule has 0 bridgehead atoms. The zero-order valence-corrected chi connectivity index (χ0v) is 12.3. The number of oxazole rings is 1. The van der Waals surface area contributed by atoms with Gasteiger partial charge in [-0.25, -0.2) is 4.98 Å². The molecule has 1 aliphatic carbocycles. The molecular weight excluding hydrogens is 270 g/mol. The molecule has 6 nitrogen and oxygen atoms in total. The largest absolute Gasteiger partial charge is 0.438 e. The van der Waals surface area contributed by atoms with Gasteiger partial charge in [0.25, 0.3) is 5.91 Å². The first-order valence-electron chi connectivity index (χ1n) is 7.19. The highest BCUT2D eigenvalue weighted by Crippen LogP contribution is 2.46. The van der Waals surface area contributed by atoms with Crippen molar-refractivity contribution in [1.82, 2.24) is 15.2 Å². The number of amides is 2. The Hall–Kier alpha value is -2.11. The minimum absolute atomic E-state index is 0.119. The summed E-state index contributed by atoms with van der Waals surface area (Å²) < 4.78 is 5.11. The number of piperidine rings is 1. The Morgan fingerprint density at radius 1 is 1.52 bits per heavy atom. The Balaban J connectivity index is 1.73. The predicted octanol–water partition coefficient (Wildman–Crippen LogP) is 1.63. The molecule has 1 atom stereocenters. The Morgan fingerprint density at radius 2 is 2.33 bits per heavy atom. The molecule has 6 heteroatoms. The van der Waals surface area contributed by atoms with Crippen LogP contribution in [0.2, 0.25) is 0 Å². The maximum absolute atomic E-state index is 12.2. The zero-order valence-electron chi connectivity index (χ0n) is 12.3. The van der Waals surface area contributed by atoms with E-state index >= 15 is 0 Å². The Labute approximate surface area is 123 Å². The summed E-state index contributed by atoms with van der Waals surface area (Å²) in [5, 5.41) is 2.94. The number of aryl methyl sites for hydroxylation is 1. The lowest BCUT2D eigenvalue weighted by atomic mass is 9.77. The number of carbonyl (C=O) groups excluding carboxylic acids is 2. The summed E-state index contributed by atoms with van der Waals surface area (Å²) in [4.78, 5) is 29.6. The number of nitrogens with one attached hydrogen (secondary N) is 1. The van der Waals surface area contributed by atoms with Crippen LogP contribution < -0.4 is 5.32 Å². The summed E-state index contributed by atoms with van der Waals surface area (Å²) in [6, 6.07) is 0. The summed E-state index contributed by atoms with van der Waals surface area (Å²) >= 11 is 0. The number of carbonyl (C=O) groups is 2. The maximum atomic E-state index is 12.2. The molecule has 1 saturated heterocycles. The Morgan fingerprint density at radius 3 is 3.05 bits per heavy atom. The second kappa shape index (κ2) is 5.02. The Bertz CT molecular complexity index is 619. The van der Waals surface area contributed by atoms with Crippen LogP contribution in [-0.4, -0.2) is 35.3 Å². The number of hydrogen-bond acceptors (Lipinski definition) is 4. The van der Waals surface area contributed by atoms with Crippen LogP contribution in [0, 0.1) is 12.3 Å². The van der Waals surface area contributed by atoms with Gasteiger partial charge in [0.05, 0.1) is 5.69 Å². The number of hydrogen-bond donors (Lipinski definition) is 1.